The van der Waals surface area contributed by atoms with E-state index in [1.165, 1.54) is 7.11 Å². The quantitative estimate of drug-likeness (QED) is 0.504. The third-order valence-electron chi connectivity index (χ3n) is 4.30. The topological polar surface area (TPSA) is 61.8 Å². The summed E-state index contributed by atoms with van der Waals surface area (Å²) in [6.07, 6.45) is 0.871. The van der Waals surface area contributed by atoms with Crippen molar-refractivity contribution in [3.8, 4) is 0 Å². The molecule has 0 aromatic heterocycles. The summed E-state index contributed by atoms with van der Waals surface area (Å²) in [4.78, 5) is 0.437. The molecule has 1 aliphatic rings. The molecule has 0 saturated carbocycles. The highest BCUT2D eigenvalue weighted by Gasteiger charge is 2.55. The van der Waals surface area contributed by atoms with Crippen LogP contribution in [-0.2, 0) is 23.2 Å². The van der Waals surface area contributed by atoms with Crippen molar-refractivity contribution in [1.82, 2.24) is 0 Å². The Morgan fingerprint density at radius 3 is 2.56 bits per heavy atom. The SMILES string of the molecule is COCOC1CCCS1(OS(=O)(=O)C(F)(F)F)c1cccc2ccccc12. The number of benzene rings is 2. The van der Waals surface area contributed by atoms with Gasteiger partial charge in [0, 0.05) is 17.8 Å². The largest absolute Gasteiger partial charge is 0.523 e. The number of hydrogen-bond donors (Lipinski definition) is 0. The predicted octanol–water partition coefficient (Wildman–Crippen LogP) is 4.52. The summed E-state index contributed by atoms with van der Waals surface area (Å²) < 4.78 is 78.6. The Morgan fingerprint density at radius 2 is 1.85 bits per heavy atom. The summed E-state index contributed by atoms with van der Waals surface area (Å²) in [5, 5.41) is 1.44. The van der Waals surface area contributed by atoms with Crippen LogP contribution in [0.2, 0.25) is 0 Å². The van der Waals surface area contributed by atoms with Crippen molar-refractivity contribution < 1.29 is 34.7 Å². The highest BCUT2D eigenvalue weighted by atomic mass is 32.3. The maximum Gasteiger partial charge on any atom is 0.523 e. The summed E-state index contributed by atoms with van der Waals surface area (Å²) in [6.45, 7) is -0.167. The zero-order chi connectivity index (χ0) is 19.7. The number of alkyl halides is 3. The van der Waals surface area contributed by atoms with E-state index in [0.29, 0.717) is 23.1 Å². The van der Waals surface area contributed by atoms with E-state index in [1.54, 1.807) is 30.3 Å². The first-order valence-corrected chi connectivity index (χ1v) is 11.3. The van der Waals surface area contributed by atoms with E-state index in [0.717, 1.165) is 5.39 Å². The first-order chi connectivity index (χ1) is 12.7. The molecule has 2 unspecified atom stereocenters. The van der Waals surface area contributed by atoms with Crippen molar-refractivity contribution >= 4 is 31.2 Å². The van der Waals surface area contributed by atoms with Crippen LogP contribution < -0.4 is 0 Å². The summed E-state index contributed by atoms with van der Waals surface area (Å²) in [7, 11) is -7.34. The highest BCUT2D eigenvalue weighted by molar-refractivity contribution is 8.33. The molecule has 2 aromatic carbocycles. The van der Waals surface area contributed by atoms with Crippen molar-refractivity contribution in [1.29, 1.82) is 0 Å². The minimum Gasteiger partial charge on any atom is -0.359 e. The van der Waals surface area contributed by atoms with Gasteiger partial charge >= 0.3 is 15.6 Å². The Bertz CT molecular complexity index is 911. The molecule has 0 amide bonds. The molecule has 1 heterocycles. The number of halogens is 3. The summed E-state index contributed by atoms with van der Waals surface area (Å²) in [6, 6.07) is 12.2. The van der Waals surface area contributed by atoms with Gasteiger partial charge in [-0.1, -0.05) is 46.7 Å². The van der Waals surface area contributed by atoms with E-state index in [-0.39, 0.29) is 12.5 Å². The lowest BCUT2D eigenvalue weighted by Gasteiger charge is -2.40. The van der Waals surface area contributed by atoms with Gasteiger partial charge in [-0.25, -0.2) is 3.63 Å². The molecule has 1 fully saturated rings. The van der Waals surface area contributed by atoms with Gasteiger partial charge in [-0.2, -0.15) is 21.6 Å². The standard InChI is InChI=1S/C17H19F3O5S2/c1-23-12-24-16-10-5-11-26(16,25-27(21,22)17(18,19)20)15-9-4-7-13-6-2-3-8-14(13)15/h2-4,6-9,16H,5,10-12H2,1H3. The van der Waals surface area contributed by atoms with Gasteiger partial charge in [0.15, 0.2) is 0 Å². The van der Waals surface area contributed by atoms with Gasteiger partial charge in [0.1, 0.15) is 12.2 Å². The Kier molecular flexibility index (Phi) is 5.74. The third kappa shape index (κ3) is 3.81. The number of fused-ring (bicyclic) bond motifs is 1. The van der Waals surface area contributed by atoms with Crippen LogP contribution in [-0.4, -0.2) is 39.0 Å². The maximum atomic E-state index is 13.1. The van der Waals surface area contributed by atoms with Crippen molar-refractivity contribution in [2.45, 2.75) is 28.7 Å². The lowest BCUT2D eigenvalue weighted by molar-refractivity contribution is -0.0517. The van der Waals surface area contributed by atoms with Crippen LogP contribution in [0.15, 0.2) is 47.4 Å². The van der Waals surface area contributed by atoms with Gasteiger partial charge in [0.25, 0.3) is 0 Å². The Hall–Kier alpha value is -1.33. The van der Waals surface area contributed by atoms with Gasteiger partial charge in [-0.15, -0.1) is 0 Å². The van der Waals surface area contributed by atoms with Crippen LogP contribution in [0.1, 0.15) is 12.8 Å². The molecule has 2 atom stereocenters. The molecule has 0 aliphatic carbocycles. The molecule has 150 valence electrons. The molecule has 1 saturated heterocycles. The second-order valence-corrected chi connectivity index (χ2v) is 10.8. The van der Waals surface area contributed by atoms with Crippen LogP contribution in [0.4, 0.5) is 13.2 Å². The van der Waals surface area contributed by atoms with Crippen molar-refractivity contribution in [3.63, 3.8) is 0 Å². The Balaban J connectivity index is 2.19. The average Bonchev–Trinajstić information content (AvgIpc) is 3.01. The van der Waals surface area contributed by atoms with E-state index < -0.39 is 31.4 Å². The van der Waals surface area contributed by atoms with Gasteiger partial charge in [0.2, 0.25) is 0 Å². The molecule has 0 N–H and O–H groups in total. The van der Waals surface area contributed by atoms with Crippen molar-refractivity contribution in [2.75, 3.05) is 19.7 Å². The second-order valence-electron chi connectivity index (χ2n) is 6.02. The monoisotopic (exact) mass is 424 g/mol. The predicted molar refractivity (Wildman–Crippen MR) is 96.7 cm³/mol. The fraction of sp³-hybridized carbons (Fsp3) is 0.412. The lowest BCUT2D eigenvalue weighted by Crippen LogP contribution is -2.31. The lowest BCUT2D eigenvalue weighted by atomic mass is 10.1. The van der Waals surface area contributed by atoms with Gasteiger partial charge in [0.05, 0.1) is 0 Å². The van der Waals surface area contributed by atoms with E-state index in [9.17, 15) is 21.6 Å². The molecule has 10 heteroatoms. The van der Waals surface area contributed by atoms with Gasteiger partial charge in [-0.05, 0) is 29.7 Å². The van der Waals surface area contributed by atoms with Gasteiger partial charge in [-0.3, -0.25) is 0 Å². The first-order valence-electron chi connectivity index (χ1n) is 8.12. The number of hydrogen-bond acceptors (Lipinski definition) is 5. The molecule has 27 heavy (non-hydrogen) atoms. The summed E-state index contributed by atoms with van der Waals surface area (Å²) >= 11 is 0. The molecule has 5 nitrogen and oxygen atoms in total. The zero-order valence-corrected chi connectivity index (χ0v) is 16.1. The van der Waals surface area contributed by atoms with E-state index in [4.69, 9.17) is 13.1 Å². The smallest absolute Gasteiger partial charge is 0.359 e. The molecule has 0 spiro atoms. The van der Waals surface area contributed by atoms with Gasteiger partial charge < -0.3 is 9.47 Å². The zero-order valence-electron chi connectivity index (χ0n) is 14.4. The number of methoxy groups -OCH3 is 1. The van der Waals surface area contributed by atoms with Crippen LogP contribution in [0.5, 0.6) is 0 Å². The average molecular weight is 424 g/mol. The summed E-state index contributed by atoms with van der Waals surface area (Å²) in [5.41, 5.74) is -6.33. The molecular weight excluding hydrogens is 405 g/mol. The molecule has 3 rings (SSSR count). The fourth-order valence-corrected chi connectivity index (χ4v) is 8.74. The number of rotatable bonds is 6. The van der Waals surface area contributed by atoms with E-state index in [1.807, 2.05) is 12.1 Å². The van der Waals surface area contributed by atoms with E-state index in [2.05, 4.69) is 0 Å². The van der Waals surface area contributed by atoms with Crippen LogP contribution in [0.3, 0.4) is 0 Å². The molecular formula is C17H19F3O5S2. The minimum atomic E-state index is -5.80. The van der Waals surface area contributed by atoms with Crippen molar-refractivity contribution in [3.05, 3.63) is 42.5 Å². The molecule has 2 aromatic rings. The number of ether oxygens (including phenoxy) is 2. The highest BCUT2D eigenvalue weighted by Crippen LogP contribution is 2.69. The Labute approximate surface area is 157 Å². The van der Waals surface area contributed by atoms with Crippen LogP contribution in [0.25, 0.3) is 10.8 Å². The minimum absolute atomic E-state index is 0.157. The second kappa shape index (κ2) is 7.59. The molecule has 1 aliphatic heterocycles. The summed E-state index contributed by atoms with van der Waals surface area (Å²) in [5.74, 6) is 0.157. The van der Waals surface area contributed by atoms with E-state index >= 15 is 0 Å². The third-order valence-corrected chi connectivity index (χ3v) is 9.77. The van der Waals surface area contributed by atoms with Crippen LogP contribution in [0, 0.1) is 0 Å². The van der Waals surface area contributed by atoms with Crippen molar-refractivity contribution in [2.24, 2.45) is 0 Å². The molecule has 0 bridgehead atoms. The van der Waals surface area contributed by atoms with Crippen LogP contribution >= 0.6 is 10.3 Å². The fourth-order valence-electron chi connectivity index (χ4n) is 3.18. The molecule has 0 radical (unpaired) electrons. The Morgan fingerprint density at radius 1 is 1.15 bits per heavy atom. The first kappa shape index (κ1) is 20.4. The maximum absolute atomic E-state index is 13.1. The normalized spacial score (nSPS) is 26.1.